The normalized spacial score (nSPS) is 12.8. The second kappa shape index (κ2) is 9.10. The molecule has 5 aromatic rings. The van der Waals surface area contributed by atoms with Gasteiger partial charge in [0.2, 0.25) is 0 Å². The highest BCUT2D eigenvalue weighted by atomic mass is 16.5. The molecule has 0 aliphatic carbocycles. The van der Waals surface area contributed by atoms with E-state index in [2.05, 4.69) is 0 Å². The van der Waals surface area contributed by atoms with Crippen LogP contribution in [0, 0.1) is 0 Å². The molecule has 7 heteroatoms. The lowest BCUT2D eigenvalue weighted by molar-refractivity contribution is 0.357. The third-order valence-electron chi connectivity index (χ3n) is 7.39. The number of rotatable bonds is 5. The first-order valence-electron chi connectivity index (χ1n) is 12.7. The first-order chi connectivity index (χ1) is 18.4. The molecular weight excluding hydrogens is 484 g/mol. The fraction of sp³-hybridized carbons (Fsp3) is 0.226. The summed E-state index contributed by atoms with van der Waals surface area (Å²) in [4.78, 5) is 26.9. The van der Waals surface area contributed by atoms with E-state index in [-0.39, 0.29) is 33.8 Å². The molecule has 2 N–H and O–H groups in total. The predicted molar refractivity (Wildman–Crippen MR) is 144 cm³/mol. The molecule has 0 bridgehead atoms. The van der Waals surface area contributed by atoms with Crippen LogP contribution in [-0.4, -0.2) is 16.8 Å². The molecule has 38 heavy (non-hydrogen) atoms. The summed E-state index contributed by atoms with van der Waals surface area (Å²) in [7, 11) is 0. The van der Waals surface area contributed by atoms with Crippen molar-refractivity contribution in [3.05, 3.63) is 109 Å². The van der Waals surface area contributed by atoms with Crippen LogP contribution in [0.3, 0.4) is 0 Å². The van der Waals surface area contributed by atoms with E-state index in [0.717, 1.165) is 22.4 Å². The van der Waals surface area contributed by atoms with Gasteiger partial charge in [-0.15, -0.1) is 0 Å². The Balaban J connectivity index is 1.70. The average Bonchev–Trinajstić information content (AvgIpc) is 3.40. The van der Waals surface area contributed by atoms with Gasteiger partial charge >= 0.3 is 11.3 Å². The van der Waals surface area contributed by atoms with E-state index in [1.807, 2.05) is 32.0 Å². The van der Waals surface area contributed by atoms with Crippen molar-refractivity contribution in [3.8, 4) is 17.2 Å². The maximum atomic E-state index is 13.5. The van der Waals surface area contributed by atoms with Crippen LogP contribution < -0.4 is 16.0 Å². The zero-order valence-electron chi connectivity index (χ0n) is 21.0. The highest BCUT2D eigenvalue weighted by Gasteiger charge is 2.33. The second-order valence-electron chi connectivity index (χ2n) is 9.57. The summed E-state index contributed by atoms with van der Waals surface area (Å²) in [5.74, 6) is -1.03. The Labute approximate surface area is 217 Å². The van der Waals surface area contributed by atoms with Gasteiger partial charge in [-0.1, -0.05) is 38.1 Å². The lowest BCUT2D eigenvalue weighted by Gasteiger charge is -2.20. The van der Waals surface area contributed by atoms with Crippen molar-refractivity contribution in [3.63, 3.8) is 0 Å². The molecule has 0 radical (unpaired) electrons. The van der Waals surface area contributed by atoms with Gasteiger partial charge in [-0.2, -0.15) is 0 Å². The number of hydrogen-bond donors (Lipinski definition) is 2. The summed E-state index contributed by atoms with van der Waals surface area (Å²) in [6, 6.07) is 15.8. The zero-order valence-corrected chi connectivity index (χ0v) is 21.0. The Bertz CT molecular complexity index is 1740. The van der Waals surface area contributed by atoms with E-state index in [9.17, 15) is 19.8 Å². The first-order valence-corrected chi connectivity index (χ1v) is 12.7. The van der Waals surface area contributed by atoms with Crippen LogP contribution in [0.4, 0.5) is 0 Å². The van der Waals surface area contributed by atoms with Gasteiger partial charge < -0.3 is 23.8 Å². The van der Waals surface area contributed by atoms with E-state index >= 15 is 0 Å². The molecule has 0 saturated heterocycles. The first kappa shape index (κ1) is 23.9. The fourth-order valence-electron chi connectivity index (χ4n) is 5.31. The zero-order chi connectivity index (χ0) is 26.6. The molecule has 192 valence electrons. The fourth-order valence-corrected chi connectivity index (χ4v) is 5.31. The van der Waals surface area contributed by atoms with Crippen molar-refractivity contribution in [2.45, 2.75) is 39.0 Å². The molecule has 0 unspecified atom stereocenters. The molecule has 1 aliphatic rings. The van der Waals surface area contributed by atoms with Gasteiger partial charge in [0.05, 0.1) is 34.4 Å². The minimum absolute atomic E-state index is 0.141. The van der Waals surface area contributed by atoms with Crippen LogP contribution in [-0.2, 0) is 19.3 Å². The third kappa shape index (κ3) is 3.74. The van der Waals surface area contributed by atoms with Crippen LogP contribution in [0.2, 0.25) is 0 Å². The van der Waals surface area contributed by atoms with Crippen LogP contribution in [0.15, 0.2) is 73.0 Å². The van der Waals surface area contributed by atoms with E-state index in [4.69, 9.17) is 13.6 Å². The quantitative estimate of drug-likeness (QED) is 0.298. The van der Waals surface area contributed by atoms with Crippen molar-refractivity contribution in [1.82, 2.24) is 0 Å². The van der Waals surface area contributed by atoms with Crippen LogP contribution in [0.25, 0.3) is 21.9 Å². The maximum absolute atomic E-state index is 13.5. The van der Waals surface area contributed by atoms with Crippen LogP contribution in [0.1, 0.15) is 53.1 Å². The van der Waals surface area contributed by atoms with Crippen molar-refractivity contribution in [2.24, 2.45) is 0 Å². The Morgan fingerprint density at radius 2 is 1.32 bits per heavy atom. The second-order valence-corrected chi connectivity index (χ2v) is 9.57. The SMILES string of the molecule is CCc1ccc2oc(=O)c(C(c3ccc4c(c3)CCO4)c3c(O)c4cc(CC)ccc4oc3=O)c(O)c2c1. The van der Waals surface area contributed by atoms with Gasteiger partial charge in [-0.3, -0.25) is 0 Å². The number of ether oxygens (including phenoxy) is 1. The predicted octanol–water partition coefficient (Wildman–Crippen LogP) is 5.55. The molecule has 0 saturated carbocycles. The smallest absolute Gasteiger partial charge is 0.344 e. The minimum atomic E-state index is -1.15. The monoisotopic (exact) mass is 510 g/mol. The average molecular weight is 511 g/mol. The highest BCUT2D eigenvalue weighted by molar-refractivity contribution is 5.87. The summed E-state index contributed by atoms with van der Waals surface area (Å²) in [5, 5.41) is 23.7. The molecule has 0 amide bonds. The van der Waals surface area contributed by atoms with Gasteiger partial charge in [0.25, 0.3) is 0 Å². The lowest BCUT2D eigenvalue weighted by atomic mass is 9.83. The van der Waals surface area contributed by atoms with Crippen LogP contribution >= 0.6 is 0 Å². The van der Waals surface area contributed by atoms with Crippen molar-refractivity contribution < 1.29 is 23.8 Å². The summed E-state index contributed by atoms with van der Waals surface area (Å²) >= 11 is 0. The Hall–Kier alpha value is -4.52. The topological polar surface area (TPSA) is 110 Å². The van der Waals surface area contributed by atoms with E-state index in [1.54, 1.807) is 36.4 Å². The summed E-state index contributed by atoms with van der Waals surface area (Å²) in [6.45, 7) is 4.49. The van der Waals surface area contributed by atoms with Crippen molar-refractivity contribution >= 4 is 21.9 Å². The molecule has 3 aromatic carbocycles. The van der Waals surface area contributed by atoms with Gasteiger partial charge in [-0.05, 0) is 65.4 Å². The molecule has 1 aliphatic heterocycles. The largest absolute Gasteiger partial charge is 0.507 e. The standard InChI is InChI=1S/C31H26O7/c1-3-16-5-8-23-20(13-16)28(32)26(30(34)37-23)25(19-7-10-22-18(15-19)11-12-36-22)27-29(33)21-14-17(4-2)6-9-24(21)38-31(27)35/h5-10,13-15,25,32-33H,3-4,11-12H2,1-2H3. The maximum Gasteiger partial charge on any atom is 0.344 e. The molecule has 3 heterocycles. The summed E-state index contributed by atoms with van der Waals surface area (Å²) in [6.07, 6.45) is 2.09. The minimum Gasteiger partial charge on any atom is -0.507 e. The Kier molecular flexibility index (Phi) is 5.71. The summed E-state index contributed by atoms with van der Waals surface area (Å²) < 4.78 is 16.9. The van der Waals surface area contributed by atoms with Gasteiger partial charge in [0.15, 0.2) is 0 Å². The number of benzene rings is 3. The lowest BCUT2D eigenvalue weighted by Crippen LogP contribution is -2.21. The number of fused-ring (bicyclic) bond motifs is 3. The van der Waals surface area contributed by atoms with Crippen molar-refractivity contribution in [1.29, 1.82) is 0 Å². The van der Waals surface area contributed by atoms with E-state index in [0.29, 0.717) is 42.2 Å². The molecule has 0 spiro atoms. The van der Waals surface area contributed by atoms with Gasteiger partial charge in [0, 0.05) is 6.42 Å². The van der Waals surface area contributed by atoms with Crippen LogP contribution in [0.5, 0.6) is 17.2 Å². The number of aromatic hydroxyl groups is 2. The van der Waals surface area contributed by atoms with Crippen molar-refractivity contribution in [2.75, 3.05) is 6.61 Å². The van der Waals surface area contributed by atoms with Gasteiger partial charge in [0.1, 0.15) is 28.4 Å². The number of aryl methyl sites for hydroxylation is 2. The molecule has 7 nitrogen and oxygen atoms in total. The molecule has 6 rings (SSSR count). The third-order valence-corrected chi connectivity index (χ3v) is 7.39. The Morgan fingerprint density at radius 1 is 0.763 bits per heavy atom. The highest BCUT2D eigenvalue weighted by Crippen LogP contribution is 2.43. The van der Waals surface area contributed by atoms with Gasteiger partial charge in [-0.25, -0.2) is 9.59 Å². The molecular formula is C31H26O7. The molecule has 0 fully saturated rings. The van der Waals surface area contributed by atoms with E-state index < -0.39 is 17.2 Å². The van der Waals surface area contributed by atoms with E-state index in [1.165, 1.54) is 0 Å². The Morgan fingerprint density at radius 3 is 1.84 bits per heavy atom. The molecule has 2 aromatic heterocycles. The number of hydrogen-bond acceptors (Lipinski definition) is 7. The summed E-state index contributed by atoms with van der Waals surface area (Å²) in [5.41, 5.74) is 1.90. The molecule has 0 atom stereocenters.